The van der Waals surface area contributed by atoms with Gasteiger partial charge in [-0.25, -0.2) is 4.79 Å². The Kier molecular flexibility index (Phi) is 2.22. The van der Waals surface area contributed by atoms with E-state index in [1.165, 1.54) is 6.07 Å². The van der Waals surface area contributed by atoms with E-state index in [9.17, 15) is 4.79 Å². The van der Waals surface area contributed by atoms with E-state index in [0.717, 1.165) is 11.1 Å². The van der Waals surface area contributed by atoms with Crippen molar-refractivity contribution in [1.29, 1.82) is 0 Å². The number of fused-ring (bicyclic) bond motifs is 1. The van der Waals surface area contributed by atoms with Crippen LogP contribution in [0.1, 0.15) is 36.9 Å². The van der Waals surface area contributed by atoms with Crippen LogP contribution in [0.4, 0.5) is 0 Å². The largest absolute Gasteiger partial charge is 0.478 e. The predicted molar refractivity (Wildman–Crippen MR) is 59.7 cm³/mol. The lowest BCUT2D eigenvalue weighted by Gasteiger charge is -2.13. The maximum absolute atomic E-state index is 10.8. The molecule has 0 spiro atoms. The topological polar surface area (TPSA) is 63.3 Å². The van der Waals surface area contributed by atoms with E-state index in [-0.39, 0.29) is 11.0 Å². The van der Waals surface area contributed by atoms with Crippen molar-refractivity contribution in [2.24, 2.45) is 0 Å². The molecular formula is C12H13NO3. The average molecular weight is 219 g/mol. The van der Waals surface area contributed by atoms with E-state index in [2.05, 4.69) is 5.16 Å². The SMILES string of the molecule is CC(C)(C)c1onc2cc(C(=O)O)ccc12. The van der Waals surface area contributed by atoms with Gasteiger partial charge in [-0.15, -0.1) is 0 Å². The molecule has 0 bridgehead atoms. The summed E-state index contributed by atoms with van der Waals surface area (Å²) in [6.45, 7) is 6.08. The molecule has 1 aromatic heterocycles. The summed E-state index contributed by atoms with van der Waals surface area (Å²) in [5.74, 6) is -0.179. The third-order valence-electron chi connectivity index (χ3n) is 2.41. The molecule has 4 nitrogen and oxygen atoms in total. The molecule has 0 aliphatic rings. The molecule has 84 valence electrons. The number of carboxylic acids is 1. The van der Waals surface area contributed by atoms with Crippen LogP contribution in [-0.2, 0) is 5.41 Å². The number of carbonyl (C=O) groups is 1. The van der Waals surface area contributed by atoms with Gasteiger partial charge < -0.3 is 9.63 Å². The number of hydrogen-bond acceptors (Lipinski definition) is 3. The Balaban J connectivity index is 2.64. The quantitative estimate of drug-likeness (QED) is 0.801. The molecule has 1 aromatic carbocycles. The maximum Gasteiger partial charge on any atom is 0.335 e. The minimum atomic E-state index is -0.956. The van der Waals surface area contributed by atoms with Gasteiger partial charge in [-0.3, -0.25) is 0 Å². The highest BCUT2D eigenvalue weighted by atomic mass is 16.5. The minimum absolute atomic E-state index is 0.139. The van der Waals surface area contributed by atoms with Crippen molar-refractivity contribution in [3.05, 3.63) is 29.5 Å². The standard InChI is InChI=1S/C12H13NO3/c1-12(2,3)10-8-5-4-7(11(14)15)6-9(8)13-16-10/h4-6H,1-3H3,(H,14,15). The Morgan fingerprint density at radius 3 is 2.62 bits per heavy atom. The predicted octanol–water partition coefficient (Wildman–Crippen LogP) is 2.82. The molecule has 4 heteroatoms. The molecular weight excluding hydrogens is 206 g/mol. The number of rotatable bonds is 1. The molecule has 0 unspecified atom stereocenters. The summed E-state index contributed by atoms with van der Waals surface area (Å²) >= 11 is 0. The van der Waals surface area contributed by atoms with Gasteiger partial charge in [-0.1, -0.05) is 25.9 Å². The van der Waals surface area contributed by atoms with Gasteiger partial charge in [0.1, 0.15) is 11.3 Å². The zero-order valence-electron chi connectivity index (χ0n) is 9.44. The van der Waals surface area contributed by atoms with Crippen molar-refractivity contribution in [3.8, 4) is 0 Å². The van der Waals surface area contributed by atoms with Crippen LogP contribution in [0, 0.1) is 0 Å². The highest BCUT2D eigenvalue weighted by molar-refractivity contribution is 5.93. The van der Waals surface area contributed by atoms with E-state index in [1.807, 2.05) is 20.8 Å². The highest BCUT2D eigenvalue weighted by Gasteiger charge is 2.22. The zero-order chi connectivity index (χ0) is 11.9. The molecule has 16 heavy (non-hydrogen) atoms. The minimum Gasteiger partial charge on any atom is -0.478 e. The van der Waals surface area contributed by atoms with Gasteiger partial charge in [0.25, 0.3) is 0 Å². The molecule has 0 fully saturated rings. The van der Waals surface area contributed by atoms with Crippen LogP contribution in [-0.4, -0.2) is 16.2 Å². The number of benzene rings is 1. The maximum atomic E-state index is 10.8. The van der Waals surface area contributed by atoms with Crippen molar-refractivity contribution < 1.29 is 14.4 Å². The van der Waals surface area contributed by atoms with Crippen molar-refractivity contribution >= 4 is 16.9 Å². The van der Waals surface area contributed by atoms with Crippen LogP contribution in [0.3, 0.4) is 0 Å². The summed E-state index contributed by atoms with van der Waals surface area (Å²) in [5, 5.41) is 13.6. The van der Waals surface area contributed by atoms with Crippen molar-refractivity contribution in [2.75, 3.05) is 0 Å². The molecule has 1 N–H and O–H groups in total. The van der Waals surface area contributed by atoms with E-state index < -0.39 is 5.97 Å². The van der Waals surface area contributed by atoms with Crippen molar-refractivity contribution in [3.63, 3.8) is 0 Å². The van der Waals surface area contributed by atoms with Gasteiger partial charge in [0.15, 0.2) is 0 Å². The summed E-state index contributed by atoms with van der Waals surface area (Å²) in [6.07, 6.45) is 0. The van der Waals surface area contributed by atoms with E-state index in [0.29, 0.717) is 5.52 Å². The summed E-state index contributed by atoms with van der Waals surface area (Å²) in [5.41, 5.74) is 0.672. The molecule has 2 rings (SSSR count). The normalized spacial score (nSPS) is 11.9. The molecule has 0 atom stereocenters. The second-order valence-electron chi connectivity index (χ2n) is 4.80. The molecule has 0 aliphatic carbocycles. The third kappa shape index (κ3) is 1.66. The third-order valence-corrected chi connectivity index (χ3v) is 2.41. The first-order chi connectivity index (χ1) is 7.39. The molecule has 0 aliphatic heterocycles. The fourth-order valence-electron chi connectivity index (χ4n) is 1.62. The number of nitrogens with zero attached hydrogens (tertiary/aromatic N) is 1. The van der Waals surface area contributed by atoms with Gasteiger partial charge in [-0.2, -0.15) is 0 Å². The number of hydrogen-bond donors (Lipinski definition) is 1. The van der Waals surface area contributed by atoms with Crippen LogP contribution in [0.5, 0.6) is 0 Å². The number of carboxylic acid groups (broad SMARTS) is 1. The van der Waals surface area contributed by atoms with Gasteiger partial charge >= 0.3 is 5.97 Å². The summed E-state index contributed by atoms with van der Waals surface area (Å²) in [4.78, 5) is 10.8. The number of aromatic nitrogens is 1. The Hall–Kier alpha value is -1.84. The average Bonchev–Trinajstić information content (AvgIpc) is 2.58. The first-order valence-electron chi connectivity index (χ1n) is 5.03. The van der Waals surface area contributed by atoms with Crippen molar-refractivity contribution in [1.82, 2.24) is 5.16 Å². The molecule has 0 saturated heterocycles. The first-order valence-corrected chi connectivity index (χ1v) is 5.03. The zero-order valence-corrected chi connectivity index (χ0v) is 9.44. The summed E-state index contributed by atoms with van der Waals surface area (Å²) in [7, 11) is 0. The summed E-state index contributed by atoms with van der Waals surface area (Å²) < 4.78 is 5.27. The lowest BCUT2D eigenvalue weighted by Crippen LogP contribution is -2.09. The fraction of sp³-hybridized carbons (Fsp3) is 0.333. The molecule has 1 heterocycles. The second-order valence-corrected chi connectivity index (χ2v) is 4.80. The molecule has 0 radical (unpaired) electrons. The Morgan fingerprint density at radius 1 is 1.38 bits per heavy atom. The number of aromatic carboxylic acids is 1. The smallest absolute Gasteiger partial charge is 0.335 e. The van der Waals surface area contributed by atoms with Crippen LogP contribution in [0.2, 0.25) is 0 Å². The van der Waals surface area contributed by atoms with E-state index >= 15 is 0 Å². The van der Waals surface area contributed by atoms with Gasteiger partial charge in [-0.05, 0) is 18.2 Å². The Labute approximate surface area is 92.9 Å². The Morgan fingerprint density at radius 2 is 2.06 bits per heavy atom. The van der Waals surface area contributed by atoms with Gasteiger partial charge in [0, 0.05) is 10.8 Å². The first kappa shape index (κ1) is 10.7. The lowest BCUT2D eigenvalue weighted by molar-refractivity contribution is 0.0697. The lowest BCUT2D eigenvalue weighted by atomic mass is 9.91. The fourth-order valence-corrected chi connectivity index (χ4v) is 1.62. The molecule has 0 amide bonds. The van der Waals surface area contributed by atoms with E-state index in [4.69, 9.17) is 9.63 Å². The van der Waals surface area contributed by atoms with Crippen LogP contribution >= 0.6 is 0 Å². The van der Waals surface area contributed by atoms with Crippen molar-refractivity contribution in [2.45, 2.75) is 26.2 Å². The van der Waals surface area contributed by atoms with E-state index in [1.54, 1.807) is 12.1 Å². The van der Waals surface area contributed by atoms with Crippen LogP contribution < -0.4 is 0 Å². The van der Waals surface area contributed by atoms with Gasteiger partial charge in [0.05, 0.1) is 5.56 Å². The molecule has 2 aromatic rings. The second kappa shape index (κ2) is 3.33. The van der Waals surface area contributed by atoms with Crippen LogP contribution in [0.15, 0.2) is 22.7 Å². The van der Waals surface area contributed by atoms with Gasteiger partial charge in [0.2, 0.25) is 0 Å². The van der Waals surface area contributed by atoms with Crippen LogP contribution in [0.25, 0.3) is 10.9 Å². The summed E-state index contributed by atoms with van der Waals surface area (Å²) in [6, 6.07) is 4.84. The highest BCUT2D eigenvalue weighted by Crippen LogP contribution is 2.30. The molecule has 0 saturated carbocycles. The Bertz CT molecular complexity index is 549. The monoisotopic (exact) mass is 219 g/mol.